The number of hydrogen-bond acceptors (Lipinski definition) is 3. The third-order valence-corrected chi connectivity index (χ3v) is 5.11. The van der Waals surface area contributed by atoms with Crippen molar-refractivity contribution in [1.29, 1.82) is 0 Å². The SMILES string of the molecule is CCCc1sc(C(=O)NCC2(C(=O)O)CC2)cc1CC. The molecule has 4 nitrogen and oxygen atoms in total. The lowest BCUT2D eigenvalue weighted by Crippen LogP contribution is -2.33. The molecule has 0 radical (unpaired) electrons. The van der Waals surface area contributed by atoms with Crippen molar-refractivity contribution in [2.45, 2.75) is 46.0 Å². The summed E-state index contributed by atoms with van der Waals surface area (Å²) in [7, 11) is 0. The predicted molar refractivity (Wildman–Crippen MR) is 79.3 cm³/mol. The Bertz CT molecular complexity index is 517. The molecule has 1 aliphatic carbocycles. The molecule has 0 spiro atoms. The third kappa shape index (κ3) is 3.03. The zero-order valence-electron chi connectivity index (χ0n) is 12.0. The smallest absolute Gasteiger partial charge is 0.311 e. The molecule has 1 fully saturated rings. The van der Waals surface area contributed by atoms with Crippen LogP contribution in [0.5, 0.6) is 0 Å². The first kappa shape index (κ1) is 15.0. The van der Waals surface area contributed by atoms with Gasteiger partial charge in [-0.15, -0.1) is 11.3 Å². The molecule has 0 unspecified atom stereocenters. The molecule has 1 aromatic rings. The van der Waals surface area contributed by atoms with Gasteiger partial charge in [-0.2, -0.15) is 0 Å². The Morgan fingerprint density at radius 1 is 1.40 bits per heavy atom. The lowest BCUT2D eigenvalue weighted by atomic mass is 10.1. The zero-order chi connectivity index (χ0) is 14.8. The molecule has 20 heavy (non-hydrogen) atoms. The van der Waals surface area contributed by atoms with Crippen molar-refractivity contribution >= 4 is 23.2 Å². The quantitative estimate of drug-likeness (QED) is 0.813. The third-order valence-electron chi connectivity index (χ3n) is 3.87. The van der Waals surface area contributed by atoms with Crippen LogP contribution in [0.25, 0.3) is 0 Å². The second-order valence-electron chi connectivity index (χ2n) is 5.43. The molecule has 1 amide bonds. The molecule has 0 aliphatic heterocycles. The molecule has 0 aromatic carbocycles. The number of nitrogens with one attached hydrogen (secondary N) is 1. The Balaban J connectivity index is 2.00. The molecule has 1 aliphatic rings. The lowest BCUT2D eigenvalue weighted by Gasteiger charge is -2.10. The fourth-order valence-corrected chi connectivity index (χ4v) is 3.54. The van der Waals surface area contributed by atoms with Gasteiger partial charge in [0.1, 0.15) is 0 Å². The minimum Gasteiger partial charge on any atom is -0.481 e. The summed E-state index contributed by atoms with van der Waals surface area (Å²) in [6, 6.07) is 1.95. The van der Waals surface area contributed by atoms with Gasteiger partial charge in [0.25, 0.3) is 5.91 Å². The van der Waals surface area contributed by atoms with Crippen molar-refractivity contribution < 1.29 is 14.7 Å². The topological polar surface area (TPSA) is 66.4 Å². The van der Waals surface area contributed by atoms with E-state index in [1.165, 1.54) is 21.8 Å². The van der Waals surface area contributed by atoms with Crippen molar-refractivity contribution in [2.24, 2.45) is 5.41 Å². The number of hydrogen-bond donors (Lipinski definition) is 2. The molecule has 0 atom stereocenters. The Morgan fingerprint density at radius 3 is 2.60 bits per heavy atom. The van der Waals surface area contributed by atoms with Crippen LogP contribution in [-0.2, 0) is 17.6 Å². The molecule has 5 heteroatoms. The van der Waals surface area contributed by atoms with E-state index in [1.807, 2.05) is 6.07 Å². The Kier molecular flexibility index (Phi) is 4.48. The summed E-state index contributed by atoms with van der Waals surface area (Å²) in [4.78, 5) is 25.2. The summed E-state index contributed by atoms with van der Waals surface area (Å²) in [5.74, 6) is -0.940. The highest BCUT2D eigenvalue weighted by atomic mass is 32.1. The van der Waals surface area contributed by atoms with Gasteiger partial charge in [0.05, 0.1) is 10.3 Å². The number of carbonyl (C=O) groups is 2. The van der Waals surface area contributed by atoms with E-state index in [0.29, 0.717) is 17.7 Å². The number of carbonyl (C=O) groups excluding carboxylic acids is 1. The molecule has 0 saturated heterocycles. The first-order valence-electron chi connectivity index (χ1n) is 7.15. The molecule has 1 saturated carbocycles. The van der Waals surface area contributed by atoms with Crippen molar-refractivity contribution in [3.63, 3.8) is 0 Å². The van der Waals surface area contributed by atoms with Crippen LogP contribution in [0.1, 0.15) is 53.2 Å². The number of carboxylic acids is 1. The minimum atomic E-state index is -0.801. The molecule has 2 N–H and O–H groups in total. The highest BCUT2D eigenvalue weighted by Gasteiger charge is 2.50. The summed E-state index contributed by atoms with van der Waals surface area (Å²) in [5, 5.41) is 11.9. The average molecular weight is 295 g/mol. The summed E-state index contributed by atoms with van der Waals surface area (Å²) >= 11 is 1.54. The monoisotopic (exact) mass is 295 g/mol. The molecule has 1 aromatic heterocycles. The summed E-state index contributed by atoms with van der Waals surface area (Å²) in [6.45, 7) is 4.46. The summed E-state index contributed by atoms with van der Waals surface area (Å²) in [5.41, 5.74) is 0.536. The van der Waals surface area contributed by atoms with Crippen LogP contribution in [0.3, 0.4) is 0 Å². The highest BCUT2D eigenvalue weighted by Crippen LogP contribution is 2.45. The van der Waals surface area contributed by atoms with E-state index in [9.17, 15) is 9.59 Å². The predicted octanol–water partition coefficient (Wildman–Crippen LogP) is 2.86. The van der Waals surface area contributed by atoms with Gasteiger partial charge in [-0.1, -0.05) is 20.3 Å². The van der Waals surface area contributed by atoms with Crippen LogP contribution in [0.4, 0.5) is 0 Å². The fourth-order valence-electron chi connectivity index (χ4n) is 2.27. The Labute approximate surface area is 123 Å². The molecule has 0 bridgehead atoms. The number of thiophene rings is 1. The zero-order valence-corrected chi connectivity index (χ0v) is 12.8. The Morgan fingerprint density at radius 2 is 2.10 bits per heavy atom. The van der Waals surface area contributed by atoms with E-state index in [1.54, 1.807) is 0 Å². The molecular formula is C15H21NO3S. The number of carboxylic acid groups (broad SMARTS) is 1. The minimum absolute atomic E-state index is 0.139. The van der Waals surface area contributed by atoms with E-state index in [4.69, 9.17) is 5.11 Å². The van der Waals surface area contributed by atoms with E-state index in [-0.39, 0.29) is 12.5 Å². The van der Waals surface area contributed by atoms with E-state index in [0.717, 1.165) is 19.3 Å². The van der Waals surface area contributed by atoms with Crippen molar-refractivity contribution in [2.75, 3.05) is 6.54 Å². The van der Waals surface area contributed by atoms with Crippen LogP contribution in [0, 0.1) is 5.41 Å². The van der Waals surface area contributed by atoms with Gasteiger partial charge in [0, 0.05) is 11.4 Å². The van der Waals surface area contributed by atoms with Crippen LogP contribution in [0.15, 0.2) is 6.07 Å². The molecule has 1 heterocycles. The number of aliphatic carboxylic acids is 1. The van der Waals surface area contributed by atoms with Gasteiger partial charge in [0.2, 0.25) is 0 Å². The first-order chi connectivity index (χ1) is 9.52. The van der Waals surface area contributed by atoms with Gasteiger partial charge in [0.15, 0.2) is 0 Å². The largest absolute Gasteiger partial charge is 0.481 e. The highest BCUT2D eigenvalue weighted by molar-refractivity contribution is 7.14. The van der Waals surface area contributed by atoms with E-state index >= 15 is 0 Å². The standard InChI is InChI=1S/C15H21NO3S/c1-3-5-11-10(4-2)8-12(20-11)13(17)16-9-15(6-7-15)14(18)19/h8H,3-7,9H2,1-2H3,(H,16,17)(H,18,19). The van der Waals surface area contributed by atoms with Gasteiger partial charge in [-0.3, -0.25) is 9.59 Å². The maximum atomic E-state index is 12.1. The van der Waals surface area contributed by atoms with Gasteiger partial charge < -0.3 is 10.4 Å². The van der Waals surface area contributed by atoms with Crippen molar-refractivity contribution in [3.8, 4) is 0 Å². The number of rotatable bonds is 7. The maximum Gasteiger partial charge on any atom is 0.311 e. The maximum absolute atomic E-state index is 12.1. The van der Waals surface area contributed by atoms with E-state index < -0.39 is 11.4 Å². The second-order valence-corrected chi connectivity index (χ2v) is 6.57. The Hall–Kier alpha value is -1.36. The summed E-state index contributed by atoms with van der Waals surface area (Å²) in [6.07, 6.45) is 4.32. The lowest BCUT2D eigenvalue weighted by molar-refractivity contribution is -0.143. The van der Waals surface area contributed by atoms with Crippen LogP contribution >= 0.6 is 11.3 Å². The van der Waals surface area contributed by atoms with Gasteiger partial charge in [-0.25, -0.2) is 0 Å². The second kappa shape index (κ2) is 5.95. The van der Waals surface area contributed by atoms with Crippen molar-refractivity contribution in [3.05, 3.63) is 21.4 Å². The van der Waals surface area contributed by atoms with Crippen molar-refractivity contribution in [1.82, 2.24) is 5.32 Å². The van der Waals surface area contributed by atoms with Crippen LogP contribution in [0.2, 0.25) is 0 Å². The molecule has 110 valence electrons. The summed E-state index contributed by atoms with van der Waals surface area (Å²) < 4.78 is 0. The van der Waals surface area contributed by atoms with Crippen LogP contribution < -0.4 is 5.32 Å². The number of aryl methyl sites for hydroxylation is 2. The normalized spacial score (nSPS) is 15.9. The number of amides is 1. The van der Waals surface area contributed by atoms with E-state index in [2.05, 4.69) is 19.2 Å². The van der Waals surface area contributed by atoms with Gasteiger partial charge in [-0.05, 0) is 37.3 Å². The van der Waals surface area contributed by atoms with Gasteiger partial charge >= 0.3 is 5.97 Å². The first-order valence-corrected chi connectivity index (χ1v) is 7.97. The fraction of sp³-hybridized carbons (Fsp3) is 0.600. The molecule has 2 rings (SSSR count). The molecular weight excluding hydrogens is 274 g/mol. The average Bonchev–Trinajstić information content (AvgIpc) is 3.11. The van der Waals surface area contributed by atoms with Crippen LogP contribution in [-0.4, -0.2) is 23.5 Å².